The standard InChI is InChI=1S/C11H11N3OS2/c1-14(2)11(15)16-10-9(12-13-17-10)8-6-4-3-5-7-8/h3-7H,1-2H3. The molecule has 2 aromatic rings. The van der Waals surface area contributed by atoms with Crippen molar-refractivity contribution in [2.24, 2.45) is 0 Å². The van der Waals surface area contributed by atoms with Crippen molar-refractivity contribution in [2.45, 2.75) is 4.21 Å². The molecule has 88 valence electrons. The Hall–Kier alpha value is -1.40. The lowest BCUT2D eigenvalue weighted by Gasteiger charge is -2.08. The van der Waals surface area contributed by atoms with Gasteiger partial charge in [0, 0.05) is 19.7 Å². The lowest BCUT2D eigenvalue weighted by Crippen LogP contribution is -2.15. The number of hydrogen-bond donors (Lipinski definition) is 0. The second-order valence-electron chi connectivity index (χ2n) is 3.54. The van der Waals surface area contributed by atoms with E-state index < -0.39 is 0 Å². The maximum atomic E-state index is 11.6. The number of amides is 1. The summed E-state index contributed by atoms with van der Waals surface area (Å²) in [6.45, 7) is 0. The van der Waals surface area contributed by atoms with Gasteiger partial charge in [-0.15, -0.1) is 5.10 Å². The maximum Gasteiger partial charge on any atom is 0.286 e. The van der Waals surface area contributed by atoms with Gasteiger partial charge in [-0.3, -0.25) is 4.79 Å². The lowest BCUT2D eigenvalue weighted by molar-refractivity contribution is 0.241. The monoisotopic (exact) mass is 265 g/mol. The van der Waals surface area contributed by atoms with Crippen molar-refractivity contribution in [3.8, 4) is 11.3 Å². The van der Waals surface area contributed by atoms with Crippen LogP contribution >= 0.6 is 23.3 Å². The van der Waals surface area contributed by atoms with Crippen molar-refractivity contribution in [3.05, 3.63) is 30.3 Å². The fourth-order valence-electron chi connectivity index (χ4n) is 1.19. The Morgan fingerprint density at radius 3 is 2.65 bits per heavy atom. The van der Waals surface area contributed by atoms with Crippen LogP contribution in [0, 0.1) is 0 Å². The van der Waals surface area contributed by atoms with Crippen molar-refractivity contribution in [1.82, 2.24) is 14.5 Å². The number of rotatable bonds is 2. The number of benzene rings is 1. The molecule has 0 N–H and O–H groups in total. The molecule has 0 aliphatic rings. The zero-order valence-electron chi connectivity index (χ0n) is 9.45. The third kappa shape index (κ3) is 2.83. The van der Waals surface area contributed by atoms with Crippen molar-refractivity contribution in [1.29, 1.82) is 0 Å². The van der Waals surface area contributed by atoms with Crippen molar-refractivity contribution >= 4 is 28.5 Å². The number of hydrogen-bond acceptors (Lipinski definition) is 5. The molecule has 0 saturated carbocycles. The van der Waals surface area contributed by atoms with E-state index in [1.165, 1.54) is 11.5 Å². The van der Waals surface area contributed by atoms with Crippen LogP contribution in [0.5, 0.6) is 0 Å². The first-order valence-electron chi connectivity index (χ1n) is 4.95. The van der Waals surface area contributed by atoms with Crippen LogP contribution in [0.4, 0.5) is 4.79 Å². The van der Waals surface area contributed by atoms with Gasteiger partial charge < -0.3 is 4.90 Å². The molecular formula is C11H11N3OS2. The highest BCUT2D eigenvalue weighted by Gasteiger charge is 2.15. The molecule has 2 rings (SSSR count). The van der Waals surface area contributed by atoms with E-state index in [1.807, 2.05) is 30.3 Å². The van der Waals surface area contributed by atoms with Crippen LogP contribution in [0.3, 0.4) is 0 Å². The Kier molecular flexibility index (Phi) is 3.75. The molecule has 0 saturated heterocycles. The quantitative estimate of drug-likeness (QED) is 0.783. The molecule has 0 fully saturated rings. The number of aromatic nitrogens is 2. The second kappa shape index (κ2) is 5.29. The first kappa shape index (κ1) is 12.1. The van der Waals surface area contributed by atoms with Gasteiger partial charge in [0.25, 0.3) is 5.24 Å². The van der Waals surface area contributed by atoms with Gasteiger partial charge in [0.2, 0.25) is 0 Å². The van der Waals surface area contributed by atoms with Gasteiger partial charge in [-0.2, -0.15) is 0 Å². The summed E-state index contributed by atoms with van der Waals surface area (Å²) in [4.78, 5) is 13.2. The number of carbonyl (C=O) groups excluding carboxylic acids is 1. The highest BCUT2D eigenvalue weighted by molar-refractivity contribution is 8.14. The molecule has 1 aromatic carbocycles. The highest BCUT2D eigenvalue weighted by atomic mass is 32.2. The van der Waals surface area contributed by atoms with Gasteiger partial charge in [-0.25, -0.2) is 0 Å². The summed E-state index contributed by atoms with van der Waals surface area (Å²) in [5.74, 6) is 0. The Balaban J connectivity index is 2.27. The van der Waals surface area contributed by atoms with Gasteiger partial charge in [0.1, 0.15) is 9.90 Å². The second-order valence-corrected chi connectivity index (χ2v) is 5.51. The highest BCUT2D eigenvalue weighted by Crippen LogP contribution is 2.33. The van der Waals surface area contributed by atoms with E-state index in [1.54, 1.807) is 19.0 Å². The van der Waals surface area contributed by atoms with E-state index in [9.17, 15) is 4.79 Å². The lowest BCUT2D eigenvalue weighted by atomic mass is 10.2. The van der Waals surface area contributed by atoms with Crippen molar-refractivity contribution in [2.75, 3.05) is 14.1 Å². The summed E-state index contributed by atoms with van der Waals surface area (Å²) < 4.78 is 4.74. The van der Waals surface area contributed by atoms with E-state index >= 15 is 0 Å². The summed E-state index contributed by atoms with van der Waals surface area (Å²) in [6, 6.07) is 9.75. The molecule has 0 aliphatic heterocycles. The molecule has 1 amide bonds. The van der Waals surface area contributed by atoms with Crippen LogP contribution in [0.2, 0.25) is 0 Å². The smallest absolute Gasteiger partial charge is 0.286 e. The van der Waals surface area contributed by atoms with E-state index in [-0.39, 0.29) is 5.24 Å². The minimum Gasteiger partial charge on any atom is -0.339 e. The van der Waals surface area contributed by atoms with E-state index in [0.717, 1.165) is 27.2 Å². The number of thioether (sulfide) groups is 1. The van der Waals surface area contributed by atoms with Gasteiger partial charge in [0.15, 0.2) is 0 Å². The fourth-order valence-corrected chi connectivity index (χ4v) is 2.69. The first-order valence-corrected chi connectivity index (χ1v) is 6.54. The summed E-state index contributed by atoms with van der Waals surface area (Å²) in [5.41, 5.74) is 1.76. The fraction of sp³-hybridized carbons (Fsp3) is 0.182. The largest absolute Gasteiger partial charge is 0.339 e. The zero-order valence-corrected chi connectivity index (χ0v) is 11.1. The predicted octanol–water partition coefficient (Wildman–Crippen LogP) is 2.98. The van der Waals surface area contributed by atoms with E-state index in [4.69, 9.17) is 0 Å². The number of nitrogens with zero attached hydrogens (tertiary/aromatic N) is 3. The Morgan fingerprint density at radius 2 is 2.00 bits per heavy atom. The van der Waals surface area contributed by atoms with Crippen LogP contribution in [-0.2, 0) is 0 Å². The summed E-state index contributed by atoms with van der Waals surface area (Å²) >= 11 is 2.40. The predicted molar refractivity (Wildman–Crippen MR) is 70.3 cm³/mol. The third-order valence-corrected chi connectivity index (χ3v) is 3.96. The molecule has 17 heavy (non-hydrogen) atoms. The summed E-state index contributed by atoms with van der Waals surface area (Å²) in [7, 11) is 3.46. The van der Waals surface area contributed by atoms with E-state index in [0.29, 0.717) is 0 Å². The first-order chi connectivity index (χ1) is 8.18. The van der Waals surface area contributed by atoms with Crippen molar-refractivity contribution in [3.63, 3.8) is 0 Å². The van der Waals surface area contributed by atoms with E-state index in [2.05, 4.69) is 9.59 Å². The van der Waals surface area contributed by atoms with Gasteiger partial charge in [-0.1, -0.05) is 34.8 Å². The average molecular weight is 265 g/mol. The molecule has 0 bridgehead atoms. The molecule has 4 nitrogen and oxygen atoms in total. The third-order valence-electron chi connectivity index (χ3n) is 2.05. The molecule has 0 spiro atoms. The SMILES string of the molecule is CN(C)C(=O)Sc1snnc1-c1ccccc1. The molecule has 0 atom stereocenters. The molecule has 1 aromatic heterocycles. The maximum absolute atomic E-state index is 11.6. The molecule has 0 aliphatic carbocycles. The van der Waals surface area contributed by atoms with Crippen LogP contribution in [-0.4, -0.2) is 33.8 Å². The van der Waals surface area contributed by atoms with Gasteiger partial charge >= 0.3 is 0 Å². The Morgan fingerprint density at radius 1 is 1.29 bits per heavy atom. The van der Waals surface area contributed by atoms with Crippen LogP contribution in [0.1, 0.15) is 0 Å². The normalized spacial score (nSPS) is 10.2. The molecular weight excluding hydrogens is 254 g/mol. The summed E-state index contributed by atoms with van der Waals surface area (Å²) in [5, 5.41) is 4.06. The van der Waals surface area contributed by atoms with Gasteiger partial charge in [0.05, 0.1) is 0 Å². The zero-order chi connectivity index (χ0) is 12.3. The Labute approximate surface area is 108 Å². The topological polar surface area (TPSA) is 46.1 Å². The minimum atomic E-state index is -0.0202. The molecule has 6 heteroatoms. The average Bonchev–Trinajstić information content (AvgIpc) is 2.78. The molecule has 0 radical (unpaired) electrons. The van der Waals surface area contributed by atoms with Crippen LogP contribution in [0.25, 0.3) is 11.3 Å². The van der Waals surface area contributed by atoms with Crippen molar-refractivity contribution < 1.29 is 4.79 Å². The van der Waals surface area contributed by atoms with Crippen LogP contribution < -0.4 is 0 Å². The molecule has 0 unspecified atom stereocenters. The van der Waals surface area contributed by atoms with Gasteiger partial charge in [-0.05, 0) is 23.3 Å². The summed E-state index contributed by atoms with van der Waals surface area (Å²) in [6.07, 6.45) is 0. The molecule has 1 heterocycles. The number of carbonyl (C=O) groups is 1. The Bertz CT molecular complexity index is 510. The minimum absolute atomic E-state index is 0.0202. The van der Waals surface area contributed by atoms with Crippen LogP contribution in [0.15, 0.2) is 34.5 Å².